The average Bonchev–Trinajstić information content (AvgIpc) is 2.55. The van der Waals surface area contributed by atoms with Crippen LogP contribution in [0.3, 0.4) is 0 Å². The Morgan fingerprint density at radius 1 is 1.12 bits per heavy atom. The molecule has 2 amide bonds. The number of guanidine groups is 1. The molecule has 1 heterocycles. The molecular weight excluding hydrogens is 343 g/mol. The lowest BCUT2D eigenvalue weighted by atomic mass is 9.91. The average molecular weight is 363 g/mol. The van der Waals surface area contributed by atoms with Crippen LogP contribution in [0.25, 0.3) is 11.1 Å². The summed E-state index contributed by atoms with van der Waals surface area (Å²) in [6, 6.07) is 9.92. The molecular formula is C18H20ClFN4O. The number of urea groups is 1. The van der Waals surface area contributed by atoms with Crippen molar-refractivity contribution in [3.05, 3.63) is 58.4 Å². The highest BCUT2D eigenvalue weighted by Crippen LogP contribution is 2.35. The van der Waals surface area contributed by atoms with E-state index in [4.69, 9.17) is 23.1 Å². The van der Waals surface area contributed by atoms with E-state index in [2.05, 4.69) is 4.99 Å². The fourth-order valence-corrected chi connectivity index (χ4v) is 3.15. The molecule has 0 saturated carbocycles. The Morgan fingerprint density at radius 2 is 1.84 bits per heavy atom. The molecule has 0 aromatic heterocycles. The van der Waals surface area contributed by atoms with Crippen molar-refractivity contribution in [3.63, 3.8) is 0 Å². The molecule has 2 aromatic rings. The topological polar surface area (TPSA) is 84.7 Å². The Balaban J connectivity index is 0.00000225. The molecule has 25 heavy (non-hydrogen) atoms. The number of hydrogen-bond donors (Lipinski definition) is 2. The van der Waals surface area contributed by atoms with Crippen LogP contribution in [0.5, 0.6) is 0 Å². The van der Waals surface area contributed by atoms with Gasteiger partial charge < -0.3 is 16.4 Å². The van der Waals surface area contributed by atoms with Gasteiger partial charge in [0.25, 0.3) is 0 Å². The number of hydrogen-bond acceptors (Lipinski definition) is 1. The number of nitrogens with two attached hydrogens (primary N) is 2. The first-order valence-electron chi connectivity index (χ1n) is 7.41. The molecule has 1 aliphatic rings. The van der Waals surface area contributed by atoms with Gasteiger partial charge in [-0.05, 0) is 35.2 Å². The summed E-state index contributed by atoms with van der Waals surface area (Å²) in [7, 11) is 0. The summed E-state index contributed by atoms with van der Waals surface area (Å²) >= 11 is 6.28. The Bertz CT molecular complexity index is 834. The number of carbonyl (C=O) groups excluding carboxylic acids is 1. The van der Waals surface area contributed by atoms with E-state index in [0.29, 0.717) is 23.6 Å². The molecule has 0 fully saturated rings. The van der Waals surface area contributed by atoms with Crippen LogP contribution in [0.4, 0.5) is 9.18 Å². The number of fused-ring (bicyclic) bond motifs is 1. The molecule has 3 rings (SSSR count). The zero-order chi connectivity index (χ0) is 17.3. The van der Waals surface area contributed by atoms with Gasteiger partial charge in [0, 0.05) is 23.7 Å². The van der Waals surface area contributed by atoms with Crippen molar-refractivity contribution in [2.45, 2.75) is 20.4 Å². The normalized spacial score (nSPS) is 12.8. The second-order valence-corrected chi connectivity index (χ2v) is 5.93. The van der Waals surface area contributed by atoms with Crippen molar-refractivity contribution < 1.29 is 9.18 Å². The van der Waals surface area contributed by atoms with Gasteiger partial charge in [0.15, 0.2) is 5.96 Å². The lowest BCUT2D eigenvalue weighted by molar-refractivity contribution is 0.202. The van der Waals surface area contributed by atoms with Gasteiger partial charge in [-0.1, -0.05) is 43.3 Å². The molecule has 0 radical (unpaired) electrons. The number of carbonyl (C=O) groups is 1. The summed E-state index contributed by atoms with van der Waals surface area (Å²) in [5.41, 5.74) is 13.5. The molecule has 132 valence electrons. The summed E-state index contributed by atoms with van der Waals surface area (Å²) in [6.07, 6.45) is 0.394. The summed E-state index contributed by atoms with van der Waals surface area (Å²) in [5.74, 6) is -0.578. The number of nitrogens with zero attached hydrogens (tertiary/aromatic N) is 2. The second-order valence-electron chi connectivity index (χ2n) is 5.52. The predicted molar refractivity (Wildman–Crippen MR) is 98.9 cm³/mol. The van der Waals surface area contributed by atoms with E-state index < -0.39 is 6.03 Å². The first-order chi connectivity index (χ1) is 11.5. The van der Waals surface area contributed by atoms with E-state index in [1.165, 1.54) is 11.0 Å². The van der Waals surface area contributed by atoms with Crippen molar-refractivity contribution in [2.24, 2.45) is 16.5 Å². The minimum absolute atomic E-state index is 0. The van der Waals surface area contributed by atoms with E-state index in [0.717, 1.165) is 16.7 Å². The van der Waals surface area contributed by atoms with Crippen molar-refractivity contribution in [1.29, 1.82) is 0 Å². The van der Waals surface area contributed by atoms with Crippen LogP contribution in [-0.4, -0.2) is 23.4 Å². The largest absolute Gasteiger partial charge is 0.370 e. The predicted octanol–water partition coefficient (Wildman–Crippen LogP) is 3.53. The van der Waals surface area contributed by atoms with Crippen LogP contribution in [0.1, 0.15) is 18.6 Å². The Kier molecular flexibility index (Phi) is 5.64. The van der Waals surface area contributed by atoms with Crippen molar-refractivity contribution in [1.82, 2.24) is 4.90 Å². The zero-order valence-corrected chi connectivity index (χ0v) is 13.6. The first kappa shape index (κ1) is 18.7. The van der Waals surface area contributed by atoms with Gasteiger partial charge in [-0.15, -0.1) is 0 Å². The highest BCUT2D eigenvalue weighted by atomic mass is 35.5. The fraction of sp³-hybridized carbons (Fsp3) is 0.222. The summed E-state index contributed by atoms with van der Waals surface area (Å²) in [6.45, 7) is 0.578. The maximum Gasteiger partial charge on any atom is 0.347 e. The molecule has 0 bridgehead atoms. The molecule has 7 heteroatoms. The third-order valence-corrected chi connectivity index (χ3v) is 4.34. The van der Waals surface area contributed by atoms with Gasteiger partial charge in [-0.3, -0.25) is 0 Å². The Morgan fingerprint density at radius 3 is 2.52 bits per heavy atom. The molecule has 4 N–H and O–H groups in total. The standard InChI is InChI=1S/C17H16ClFN4O.CH4/c18-14-4-2-1-3-11(14)10-5-6-15(19)12-7-8-23(9-13(10)12)17(24)22-16(20)21;/h1-6H,7-9H2,(H4,20,21,22,24);1H4. The quantitative estimate of drug-likeness (QED) is 0.601. The van der Waals surface area contributed by atoms with E-state index in [9.17, 15) is 9.18 Å². The number of aliphatic imine (C=N–C) groups is 1. The van der Waals surface area contributed by atoms with E-state index in [1.54, 1.807) is 12.1 Å². The highest BCUT2D eigenvalue weighted by molar-refractivity contribution is 6.33. The minimum atomic E-state index is -0.532. The SMILES string of the molecule is C.NC(N)=NC(=O)N1CCc2c(F)ccc(-c3ccccc3Cl)c2C1. The van der Waals surface area contributed by atoms with Crippen molar-refractivity contribution in [3.8, 4) is 11.1 Å². The lowest BCUT2D eigenvalue weighted by Gasteiger charge is -2.29. The fourth-order valence-electron chi connectivity index (χ4n) is 2.91. The zero-order valence-electron chi connectivity index (χ0n) is 12.8. The molecule has 1 aliphatic heterocycles. The lowest BCUT2D eigenvalue weighted by Crippen LogP contribution is -2.37. The molecule has 2 aromatic carbocycles. The number of amides is 2. The van der Waals surface area contributed by atoms with Crippen LogP contribution in [-0.2, 0) is 13.0 Å². The van der Waals surface area contributed by atoms with Gasteiger partial charge in [-0.2, -0.15) is 4.99 Å². The molecule has 0 saturated heterocycles. The van der Waals surface area contributed by atoms with Gasteiger partial charge in [0.2, 0.25) is 0 Å². The Hall–Kier alpha value is -2.60. The summed E-state index contributed by atoms with van der Waals surface area (Å²) in [4.78, 5) is 17.1. The molecule has 0 atom stereocenters. The van der Waals surface area contributed by atoms with Gasteiger partial charge in [0.1, 0.15) is 5.82 Å². The smallest absolute Gasteiger partial charge is 0.347 e. The molecule has 5 nitrogen and oxygen atoms in total. The summed E-state index contributed by atoms with van der Waals surface area (Å²) in [5, 5.41) is 0.569. The third kappa shape index (κ3) is 3.74. The van der Waals surface area contributed by atoms with Gasteiger partial charge in [0.05, 0.1) is 0 Å². The van der Waals surface area contributed by atoms with Crippen LogP contribution in [0.2, 0.25) is 5.02 Å². The maximum absolute atomic E-state index is 14.2. The summed E-state index contributed by atoms with van der Waals surface area (Å²) < 4.78 is 14.2. The highest BCUT2D eigenvalue weighted by Gasteiger charge is 2.26. The number of halogens is 2. The van der Waals surface area contributed by atoms with Crippen LogP contribution >= 0.6 is 11.6 Å². The minimum Gasteiger partial charge on any atom is -0.370 e. The maximum atomic E-state index is 14.2. The van der Waals surface area contributed by atoms with Gasteiger partial charge in [-0.25, -0.2) is 9.18 Å². The number of rotatable bonds is 1. The van der Waals surface area contributed by atoms with E-state index in [1.807, 2.05) is 18.2 Å². The Labute approximate surface area is 151 Å². The van der Waals surface area contributed by atoms with Crippen LogP contribution in [0.15, 0.2) is 41.4 Å². The van der Waals surface area contributed by atoms with Crippen molar-refractivity contribution >= 4 is 23.6 Å². The molecule has 0 spiro atoms. The monoisotopic (exact) mass is 362 g/mol. The number of benzene rings is 2. The molecule has 0 unspecified atom stereocenters. The van der Waals surface area contributed by atoms with E-state index in [-0.39, 0.29) is 25.7 Å². The third-order valence-electron chi connectivity index (χ3n) is 4.01. The van der Waals surface area contributed by atoms with E-state index >= 15 is 0 Å². The van der Waals surface area contributed by atoms with Crippen molar-refractivity contribution in [2.75, 3.05) is 6.54 Å². The first-order valence-corrected chi connectivity index (χ1v) is 7.79. The molecule has 0 aliphatic carbocycles. The second kappa shape index (κ2) is 7.53. The van der Waals surface area contributed by atoms with Crippen LogP contribution in [0, 0.1) is 5.82 Å². The van der Waals surface area contributed by atoms with Gasteiger partial charge >= 0.3 is 6.03 Å². The van der Waals surface area contributed by atoms with Crippen LogP contribution < -0.4 is 11.5 Å².